The molecule has 1 aliphatic heterocycles. The van der Waals surface area contributed by atoms with Crippen LogP contribution in [0.25, 0.3) is 11.8 Å². The number of alkyl halides is 2. The molecule has 0 aliphatic carbocycles. The predicted molar refractivity (Wildman–Crippen MR) is 104 cm³/mol. The molecular weight excluding hydrogens is 396 g/mol. The second kappa shape index (κ2) is 8.16. The number of methoxy groups -OCH3 is 1. The molecule has 3 aromatic rings. The molecule has 0 saturated heterocycles. The largest absolute Gasteiger partial charge is 0.493 e. The minimum atomic E-state index is -2.99. The van der Waals surface area contributed by atoms with Gasteiger partial charge in [-0.3, -0.25) is 0 Å². The molecule has 0 fully saturated rings. The molecule has 152 valence electrons. The summed E-state index contributed by atoms with van der Waals surface area (Å²) >= 11 is 0. The highest BCUT2D eigenvalue weighted by Gasteiger charge is 2.25. The molecule has 2 heterocycles. The van der Waals surface area contributed by atoms with E-state index in [-0.39, 0.29) is 23.1 Å². The maximum atomic E-state index is 12.5. The van der Waals surface area contributed by atoms with Crippen molar-refractivity contribution in [2.24, 2.45) is 4.99 Å². The van der Waals surface area contributed by atoms with Crippen LogP contribution < -0.4 is 9.47 Å². The number of halogens is 2. The fourth-order valence-corrected chi connectivity index (χ4v) is 2.82. The number of hydrogen-bond acceptors (Lipinski definition) is 6. The SMILES string of the molecule is COc1cc(C2=N/C(=C\c3cnn(-c4ccccc4)c3)C(=O)O2)ccc1OC(F)F. The summed E-state index contributed by atoms with van der Waals surface area (Å²) in [4.78, 5) is 16.4. The van der Waals surface area contributed by atoms with E-state index in [4.69, 9.17) is 9.47 Å². The molecule has 0 N–H and O–H groups in total. The van der Waals surface area contributed by atoms with Gasteiger partial charge in [0.1, 0.15) is 0 Å². The van der Waals surface area contributed by atoms with Gasteiger partial charge in [0.2, 0.25) is 5.90 Å². The Hall–Kier alpha value is -4.01. The minimum absolute atomic E-state index is 0.0311. The molecule has 0 atom stereocenters. The van der Waals surface area contributed by atoms with E-state index in [0.717, 1.165) is 5.69 Å². The van der Waals surface area contributed by atoms with Gasteiger partial charge < -0.3 is 14.2 Å². The zero-order valence-electron chi connectivity index (χ0n) is 15.7. The van der Waals surface area contributed by atoms with Crippen molar-refractivity contribution in [3.05, 3.63) is 77.7 Å². The van der Waals surface area contributed by atoms with Crippen molar-refractivity contribution in [2.75, 3.05) is 7.11 Å². The molecule has 0 spiro atoms. The van der Waals surface area contributed by atoms with Gasteiger partial charge in [-0.15, -0.1) is 0 Å². The molecule has 7 nitrogen and oxygen atoms in total. The smallest absolute Gasteiger partial charge is 0.387 e. The molecular formula is C21H15F2N3O4. The molecule has 0 saturated carbocycles. The standard InChI is InChI=1S/C21H15F2N3O4/c1-28-18-10-14(7-8-17(18)29-21(22)23)19-25-16(20(27)30-19)9-13-11-24-26(12-13)15-5-3-2-4-6-15/h2-12,21H,1H3/b16-9-. The van der Waals surface area contributed by atoms with Crippen LogP contribution in [0.5, 0.6) is 11.5 Å². The number of nitrogens with zero attached hydrogens (tertiary/aromatic N) is 3. The molecule has 2 aromatic carbocycles. The van der Waals surface area contributed by atoms with Gasteiger partial charge in [0.25, 0.3) is 0 Å². The molecule has 1 aliphatic rings. The zero-order valence-corrected chi connectivity index (χ0v) is 15.7. The van der Waals surface area contributed by atoms with Crippen molar-refractivity contribution in [3.63, 3.8) is 0 Å². The number of ether oxygens (including phenoxy) is 3. The highest BCUT2D eigenvalue weighted by atomic mass is 19.3. The number of aromatic nitrogens is 2. The Morgan fingerprint density at radius 1 is 1.13 bits per heavy atom. The number of aliphatic imine (C=N–C) groups is 1. The average molecular weight is 411 g/mol. The molecule has 0 bridgehead atoms. The monoisotopic (exact) mass is 411 g/mol. The predicted octanol–water partition coefficient (Wildman–Crippen LogP) is 3.83. The fraction of sp³-hybridized carbons (Fsp3) is 0.0952. The van der Waals surface area contributed by atoms with Crippen molar-refractivity contribution in [3.8, 4) is 17.2 Å². The van der Waals surface area contributed by atoms with E-state index in [9.17, 15) is 13.6 Å². The van der Waals surface area contributed by atoms with Gasteiger partial charge in [0.15, 0.2) is 17.2 Å². The number of cyclic esters (lactones) is 1. The van der Waals surface area contributed by atoms with Gasteiger partial charge in [-0.2, -0.15) is 13.9 Å². The summed E-state index contributed by atoms with van der Waals surface area (Å²) in [6.07, 6.45) is 4.90. The van der Waals surface area contributed by atoms with Gasteiger partial charge in [-0.25, -0.2) is 14.5 Å². The number of hydrogen-bond donors (Lipinski definition) is 0. The maximum Gasteiger partial charge on any atom is 0.387 e. The van der Waals surface area contributed by atoms with Crippen LogP contribution >= 0.6 is 0 Å². The molecule has 0 amide bonds. The van der Waals surface area contributed by atoms with Gasteiger partial charge >= 0.3 is 12.6 Å². The van der Waals surface area contributed by atoms with Crippen LogP contribution in [-0.2, 0) is 9.53 Å². The van der Waals surface area contributed by atoms with Crippen LogP contribution in [0, 0.1) is 0 Å². The molecule has 9 heteroatoms. The van der Waals surface area contributed by atoms with Crippen molar-refractivity contribution >= 4 is 17.9 Å². The van der Waals surface area contributed by atoms with Crippen LogP contribution in [-0.4, -0.2) is 35.4 Å². The van der Waals surface area contributed by atoms with E-state index in [1.54, 1.807) is 23.2 Å². The first-order valence-corrected chi connectivity index (χ1v) is 8.79. The van der Waals surface area contributed by atoms with Crippen molar-refractivity contribution in [1.82, 2.24) is 9.78 Å². The fourth-order valence-electron chi connectivity index (χ4n) is 2.82. The Bertz CT molecular complexity index is 1140. The van der Waals surface area contributed by atoms with Crippen LogP contribution in [0.2, 0.25) is 0 Å². The third kappa shape index (κ3) is 4.04. The number of para-hydroxylation sites is 1. The summed E-state index contributed by atoms with van der Waals surface area (Å²) in [5.41, 5.74) is 2.00. The second-order valence-corrected chi connectivity index (χ2v) is 6.13. The Kier molecular flexibility index (Phi) is 5.25. The molecule has 4 rings (SSSR count). The lowest BCUT2D eigenvalue weighted by Gasteiger charge is -2.10. The highest BCUT2D eigenvalue weighted by molar-refractivity contribution is 6.13. The Morgan fingerprint density at radius 2 is 1.93 bits per heavy atom. The van der Waals surface area contributed by atoms with Crippen molar-refractivity contribution < 1.29 is 27.8 Å². The summed E-state index contributed by atoms with van der Waals surface area (Å²) in [6.45, 7) is -2.99. The summed E-state index contributed by atoms with van der Waals surface area (Å²) < 4.78 is 41.3. The Labute approximate surface area is 169 Å². The van der Waals surface area contributed by atoms with Crippen LogP contribution in [0.1, 0.15) is 11.1 Å². The van der Waals surface area contributed by atoms with Gasteiger partial charge in [0.05, 0.1) is 19.0 Å². The lowest BCUT2D eigenvalue weighted by atomic mass is 10.2. The van der Waals surface area contributed by atoms with Crippen molar-refractivity contribution in [1.29, 1.82) is 0 Å². The second-order valence-electron chi connectivity index (χ2n) is 6.13. The summed E-state index contributed by atoms with van der Waals surface area (Å²) in [5, 5.41) is 4.27. The Morgan fingerprint density at radius 3 is 2.67 bits per heavy atom. The lowest BCUT2D eigenvalue weighted by Crippen LogP contribution is -2.07. The number of rotatable bonds is 6. The van der Waals surface area contributed by atoms with Gasteiger partial charge in [-0.1, -0.05) is 18.2 Å². The van der Waals surface area contributed by atoms with Crippen LogP contribution in [0.15, 0.2) is 71.6 Å². The van der Waals surface area contributed by atoms with E-state index in [2.05, 4.69) is 14.8 Å². The van der Waals surface area contributed by atoms with Crippen molar-refractivity contribution in [2.45, 2.75) is 6.61 Å². The topological polar surface area (TPSA) is 74.9 Å². The highest BCUT2D eigenvalue weighted by Crippen LogP contribution is 2.31. The molecule has 0 radical (unpaired) electrons. The maximum absolute atomic E-state index is 12.5. The normalized spacial score (nSPS) is 14.7. The van der Waals surface area contributed by atoms with Crippen LogP contribution in [0.3, 0.4) is 0 Å². The van der Waals surface area contributed by atoms with Crippen LogP contribution in [0.4, 0.5) is 8.78 Å². The van der Waals surface area contributed by atoms with E-state index in [1.807, 2.05) is 30.3 Å². The number of carbonyl (C=O) groups excluding carboxylic acids is 1. The summed E-state index contributed by atoms with van der Waals surface area (Å²) in [5.74, 6) is -0.675. The van der Waals surface area contributed by atoms with Gasteiger partial charge in [0, 0.05) is 17.3 Å². The summed E-state index contributed by atoms with van der Waals surface area (Å²) in [7, 11) is 1.32. The Balaban J connectivity index is 1.59. The number of esters is 1. The zero-order chi connectivity index (χ0) is 21.1. The third-order valence-corrected chi connectivity index (χ3v) is 4.17. The quantitative estimate of drug-likeness (QED) is 0.455. The molecule has 0 unspecified atom stereocenters. The van der Waals surface area contributed by atoms with E-state index < -0.39 is 12.6 Å². The first-order valence-electron chi connectivity index (χ1n) is 8.79. The first kappa shape index (κ1) is 19.3. The summed E-state index contributed by atoms with van der Waals surface area (Å²) in [6, 6.07) is 13.6. The third-order valence-electron chi connectivity index (χ3n) is 4.17. The molecule has 1 aromatic heterocycles. The number of carbonyl (C=O) groups is 1. The lowest BCUT2D eigenvalue weighted by molar-refractivity contribution is -0.129. The average Bonchev–Trinajstić information content (AvgIpc) is 3.36. The number of benzene rings is 2. The first-order chi connectivity index (χ1) is 14.5. The van der Waals surface area contributed by atoms with Gasteiger partial charge in [-0.05, 0) is 36.4 Å². The van der Waals surface area contributed by atoms with E-state index >= 15 is 0 Å². The molecule has 30 heavy (non-hydrogen) atoms. The minimum Gasteiger partial charge on any atom is -0.493 e. The van der Waals surface area contributed by atoms with E-state index in [0.29, 0.717) is 11.1 Å². The van der Waals surface area contributed by atoms with E-state index in [1.165, 1.54) is 25.3 Å².